The SMILES string of the molecule is CCN1C(=O)CCC12CCCN(CC1CC1)CC2. The van der Waals surface area contributed by atoms with Crippen molar-refractivity contribution in [3.63, 3.8) is 0 Å². The van der Waals surface area contributed by atoms with Gasteiger partial charge in [0.05, 0.1) is 0 Å². The summed E-state index contributed by atoms with van der Waals surface area (Å²) in [4.78, 5) is 16.8. The molecule has 0 bridgehead atoms. The number of carbonyl (C=O) groups is 1. The normalized spacial score (nSPS) is 34.3. The van der Waals surface area contributed by atoms with Crippen LogP contribution in [0.3, 0.4) is 0 Å². The molecule has 3 aliphatic rings. The molecule has 102 valence electrons. The van der Waals surface area contributed by atoms with Crippen LogP contribution in [0.2, 0.25) is 0 Å². The molecule has 3 fully saturated rings. The molecule has 1 saturated carbocycles. The average Bonchev–Trinajstić information content (AvgIpc) is 3.13. The summed E-state index contributed by atoms with van der Waals surface area (Å²) >= 11 is 0. The molecule has 1 spiro atoms. The van der Waals surface area contributed by atoms with Gasteiger partial charge in [-0.15, -0.1) is 0 Å². The predicted molar refractivity (Wildman–Crippen MR) is 72.4 cm³/mol. The van der Waals surface area contributed by atoms with Gasteiger partial charge in [-0.3, -0.25) is 4.79 Å². The van der Waals surface area contributed by atoms with Crippen LogP contribution in [0.15, 0.2) is 0 Å². The third kappa shape index (κ3) is 2.29. The molecule has 3 heteroatoms. The van der Waals surface area contributed by atoms with Crippen molar-refractivity contribution in [3.8, 4) is 0 Å². The molecule has 0 radical (unpaired) electrons. The zero-order chi connectivity index (χ0) is 12.6. The van der Waals surface area contributed by atoms with Crippen LogP contribution in [0.25, 0.3) is 0 Å². The maximum absolute atomic E-state index is 12.0. The molecule has 3 nitrogen and oxygen atoms in total. The van der Waals surface area contributed by atoms with Gasteiger partial charge in [0.1, 0.15) is 0 Å². The number of hydrogen-bond acceptors (Lipinski definition) is 2. The zero-order valence-electron chi connectivity index (χ0n) is 11.7. The summed E-state index contributed by atoms with van der Waals surface area (Å²) < 4.78 is 0. The maximum Gasteiger partial charge on any atom is 0.223 e. The molecule has 3 rings (SSSR count). The van der Waals surface area contributed by atoms with E-state index in [-0.39, 0.29) is 5.54 Å². The number of amides is 1. The fraction of sp³-hybridized carbons (Fsp3) is 0.933. The van der Waals surface area contributed by atoms with Crippen LogP contribution in [0.1, 0.15) is 51.9 Å². The molecule has 0 aromatic carbocycles. The molecule has 0 aromatic rings. The first-order valence-corrected chi connectivity index (χ1v) is 7.76. The number of rotatable bonds is 3. The Morgan fingerprint density at radius 2 is 2.06 bits per heavy atom. The number of carbonyl (C=O) groups excluding carboxylic acids is 1. The molecule has 2 heterocycles. The molecule has 1 amide bonds. The topological polar surface area (TPSA) is 23.6 Å². The zero-order valence-corrected chi connectivity index (χ0v) is 11.7. The summed E-state index contributed by atoms with van der Waals surface area (Å²) in [5, 5.41) is 0. The first-order valence-electron chi connectivity index (χ1n) is 7.76. The first-order chi connectivity index (χ1) is 8.73. The second-order valence-corrected chi connectivity index (χ2v) is 6.46. The van der Waals surface area contributed by atoms with Gasteiger partial charge in [-0.25, -0.2) is 0 Å². The third-order valence-corrected chi connectivity index (χ3v) is 5.22. The number of likely N-dealkylation sites (tertiary alicyclic amines) is 2. The van der Waals surface area contributed by atoms with E-state index >= 15 is 0 Å². The van der Waals surface area contributed by atoms with E-state index in [1.54, 1.807) is 0 Å². The van der Waals surface area contributed by atoms with Crippen molar-refractivity contribution in [3.05, 3.63) is 0 Å². The molecular formula is C15H26N2O. The first kappa shape index (κ1) is 12.5. The summed E-state index contributed by atoms with van der Waals surface area (Å²) in [5.74, 6) is 1.39. The van der Waals surface area contributed by atoms with Gasteiger partial charge in [-0.1, -0.05) is 0 Å². The maximum atomic E-state index is 12.0. The Hall–Kier alpha value is -0.570. The van der Waals surface area contributed by atoms with Crippen molar-refractivity contribution in [2.75, 3.05) is 26.2 Å². The Morgan fingerprint density at radius 3 is 2.78 bits per heavy atom. The highest BCUT2D eigenvalue weighted by molar-refractivity contribution is 5.79. The van der Waals surface area contributed by atoms with Gasteiger partial charge < -0.3 is 9.80 Å². The van der Waals surface area contributed by atoms with E-state index < -0.39 is 0 Å². The van der Waals surface area contributed by atoms with Gasteiger partial charge >= 0.3 is 0 Å². The second-order valence-electron chi connectivity index (χ2n) is 6.46. The average molecular weight is 250 g/mol. The Balaban J connectivity index is 1.64. The predicted octanol–water partition coefficient (Wildman–Crippen LogP) is 2.26. The summed E-state index contributed by atoms with van der Waals surface area (Å²) in [7, 11) is 0. The fourth-order valence-corrected chi connectivity index (χ4v) is 3.99. The van der Waals surface area contributed by atoms with E-state index in [9.17, 15) is 4.79 Å². The van der Waals surface area contributed by atoms with Crippen molar-refractivity contribution in [2.24, 2.45) is 5.92 Å². The standard InChI is InChI=1S/C15H26N2O/c1-2-17-14(18)6-8-15(17)7-3-10-16(11-9-15)12-13-4-5-13/h13H,2-12H2,1H3. The quantitative estimate of drug-likeness (QED) is 0.767. The van der Waals surface area contributed by atoms with Crippen molar-refractivity contribution in [2.45, 2.75) is 57.4 Å². The molecule has 1 unspecified atom stereocenters. The molecule has 18 heavy (non-hydrogen) atoms. The monoisotopic (exact) mass is 250 g/mol. The van der Waals surface area contributed by atoms with Crippen molar-refractivity contribution in [1.29, 1.82) is 0 Å². The van der Waals surface area contributed by atoms with Crippen LogP contribution in [-0.4, -0.2) is 47.4 Å². The molecule has 1 aliphatic carbocycles. The van der Waals surface area contributed by atoms with Gasteiger partial charge in [0.2, 0.25) is 5.91 Å². The molecular weight excluding hydrogens is 224 g/mol. The van der Waals surface area contributed by atoms with Crippen LogP contribution >= 0.6 is 0 Å². The van der Waals surface area contributed by atoms with Gasteiger partial charge in [-0.2, -0.15) is 0 Å². The highest BCUT2D eigenvalue weighted by Crippen LogP contribution is 2.39. The van der Waals surface area contributed by atoms with E-state index in [1.165, 1.54) is 51.7 Å². The molecule has 2 saturated heterocycles. The van der Waals surface area contributed by atoms with Crippen LogP contribution in [-0.2, 0) is 4.79 Å². The van der Waals surface area contributed by atoms with Gasteiger partial charge in [0, 0.05) is 31.6 Å². The van der Waals surface area contributed by atoms with Gasteiger partial charge in [0.15, 0.2) is 0 Å². The van der Waals surface area contributed by atoms with Crippen molar-refractivity contribution in [1.82, 2.24) is 9.80 Å². The Kier molecular flexibility index (Phi) is 3.35. The Bertz CT molecular complexity index is 326. The van der Waals surface area contributed by atoms with Crippen LogP contribution in [0, 0.1) is 5.92 Å². The van der Waals surface area contributed by atoms with E-state index in [0.717, 1.165) is 25.3 Å². The smallest absolute Gasteiger partial charge is 0.223 e. The van der Waals surface area contributed by atoms with Crippen molar-refractivity contribution >= 4 is 5.91 Å². The van der Waals surface area contributed by atoms with Crippen LogP contribution in [0.4, 0.5) is 0 Å². The number of nitrogens with zero attached hydrogens (tertiary/aromatic N) is 2. The fourth-order valence-electron chi connectivity index (χ4n) is 3.99. The lowest BCUT2D eigenvalue weighted by atomic mass is 9.88. The molecule has 0 aromatic heterocycles. The minimum Gasteiger partial charge on any atom is -0.337 e. The minimum atomic E-state index is 0.226. The summed E-state index contributed by atoms with van der Waals surface area (Å²) in [5.41, 5.74) is 0.226. The van der Waals surface area contributed by atoms with E-state index in [4.69, 9.17) is 0 Å². The second kappa shape index (κ2) is 4.84. The molecule has 2 aliphatic heterocycles. The van der Waals surface area contributed by atoms with Crippen molar-refractivity contribution < 1.29 is 4.79 Å². The van der Waals surface area contributed by atoms with Crippen LogP contribution in [0.5, 0.6) is 0 Å². The van der Waals surface area contributed by atoms with E-state index in [0.29, 0.717) is 5.91 Å². The highest BCUT2D eigenvalue weighted by atomic mass is 16.2. The third-order valence-electron chi connectivity index (χ3n) is 5.22. The lowest BCUT2D eigenvalue weighted by Gasteiger charge is -2.37. The summed E-state index contributed by atoms with van der Waals surface area (Å²) in [6, 6.07) is 0. The highest BCUT2D eigenvalue weighted by Gasteiger charge is 2.44. The van der Waals surface area contributed by atoms with Gasteiger partial charge in [-0.05, 0) is 57.9 Å². The summed E-state index contributed by atoms with van der Waals surface area (Å²) in [6.45, 7) is 6.82. The lowest BCUT2D eigenvalue weighted by molar-refractivity contribution is -0.131. The lowest BCUT2D eigenvalue weighted by Crippen LogP contribution is -2.46. The Morgan fingerprint density at radius 1 is 1.22 bits per heavy atom. The summed E-state index contributed by atoms with van der Waals surface area (Å²) in [6.07, 6.45) is 8.50. The molecule has 0 N–H and O–H groups in total. The molecule has 1 atom stereocenters. The Labute approximate surface area is 111 Å². The van der Waals surface area contributed by atoms with E-state index in [2.05, 4.69) is 16.7 Å². The largest absolute Gasteiger partial charge is 0.337 e. The minimum absolute atomic E-state index is 0.226. The number of hydrogen-bond donors (Lipinski definition) is 0. The van der Waals surface area contributed by atoms with E-state index in [1.807, 2.05) is 0 Å². The van der Waals surface area contributed by atoms with Crippen LogP contribution < -0.4 is 0 Å². The van der Waals surface area contributed by atoms with Gasteiger partial charge in [0.25, 0.3) is 0 Å².